The van der Waals surface area contributed by atoms with Crippen molar-refractivity contribution in [2.45, 2.75) is 6.36 Å². The molecule has 0 fully saturated rings. The molecular formula is C19H15ClF3N5O4. The van der Waals surface area contributed by atoms with Crippen LogP contribution in [0.1, 0.15) is 0 Å². The molecule has 0 aliphatic carbocycles. The summed E-state index contributed by atoms with van der Waals surface area (Å²) in [6.07, 6.45) is -4.86. The Labute approximate surface area is 184 Å². The number of aliphatic hydroxyl groups excluding tert-OH is 1. The molecular weight excluding hydrogens is 455 g/mol. The van der Waals surface area contributed by atoms with E-state index >= 15 is 0 Å². The monoisotopic (exact) mass is 469 g/mol. The van der Waals surface area contributed by atoms with E-state index in [0.29, 0.717) is 0 Å². The molecule has 168 valence electrons. The number of nitrogens with zero attached hydrogens (tertiary/aromatic N) is 3. The first-order chi connectivity index (χ1) is 15.1. The quantitative estimate of drug-likeness (QED) is 0.319. The summed E-state index contributed by atoms with van der Waals surface area (Å²) in [5.74, 6) is -0.313. The zero-order valence-corrected chi connectivity index (χ0v) is 16.8. The van der Waals surface area contributed by atoms with Gasteiger partial charge in [-0.1, -0.05) is 23.7 Å². The molecule has 0 saturated carbocycles. The van der Waals surface area contributed by atoms with E-state index in [4.69, 9.17) is 16.7 Å². The molecule has 1 aromatic heterocycles. The van der Waals surface area contributed by atoms with Crippen molar-refractivity contribution in [1.82, 2.24) is 9.97 Å². The number of benzene rings is 2. The van der Waals surface area contributed by atoms with Gasteiger partial charge in [-0.15, -0.1) is 13.2 Å². The van der Waals surface area contributed by atoms with Crippen molar-refractivity contribution >= 4 is 34.7 Å². The Hall–Kier alpha value is -3.64. The summed E-state index contributed by atoms with van der Waals surface area (Å²) in [7, 11) is 0. The van der Waals surface area contributed by atoms with Crippen LogP contribution in [0.2, 0.25) is 5.02 Å². The van der Waals surface area contributed by atoms with Crippen molar-refractivity contribution < 1.29 is 27.9 Å². The fourth-order valence-corrected chi connectivity index (χ4v) is 2.84. The van der Waals surface area contributed by atoms with Crippen LogP contribution >= 0.6 is 11.6 Å². The van der Waals surface area contributed by atoms with Crippen LogP contribution in [0.4, 0.5) is 36.3 Å². The molecule has 0 bridgehead atoms. The molecule has 0 amide bonds. The molecule has 2 aromatic carbocycles. The molecule has 1 heterocycles. The lowest BCUT2D eigenvalue weighted by molar-refractivity contribution is -0.383. The zero-order chi connectivity index (χ0) is 23.3. The number of halogens is 4. The average Bonchev–Trinajstić information content (AvgIpc) is 2.71. The first-order valence-corrected chi connectivity index (χ1v) is 9.33. The van der Waals surface area contributed by atoms with Gasteiger partial charge in [0, 0.05) is 29.3 Å². The second kappa shape index (κ2) is 9.66. The maximum absolute atomic E-state index is 12.6. The third-order valence-electron chi connectivity index (χ3n) is 3.90. The summed E-state index contributed by atoms with van der Waals surface area (Å²) < 4.78 is 41.6. The van der Waals surface area contributed by atoms with Crippen LogP contribution in [0.3, 0.4) is 0 Å². The Kier molecular flexibility index (Phi) is 6.95. The van der Waals surface area contributed by atoms with Crippen molar-refractivity contribution in [3.8, 4) is 17.0 Å². The highest BCUT2D eigenvalue weighted by Gasteiger charge is 2.31. The largest absolute Gasteiger partial charge is 0.573 e. The van der Waals surface area contributed by atoms with Gasteiger partial charge >= 0.3 is 6.36 Å². The van der Waals surface area contributed by atoms with Crippen LogP contribution in [0, 0.1) is 10.1 Å². The van der Waals surface area contributed by atoms with Gasteiger partial charge in [0.15, 0.2) is 0 Å². The van der Waals surface area contributed by atoms with Gasteiger partial charge in [-0.05, 0) is 24.3 Å². The highest BCUT2D eigenvalue weighted by molar-refractivity contribution is 6.31. The first-order valence-electron chi connectivity index (χ1n) is 8.95. The second-order valence-electron chi connectivity index (χ2n) is 6.23. The van der Waals surface area contributed by atoms with E-state index in [1.165, 1.54) is 36.4 Å². The number of aromatic nitrogens is 2. The molecule has 0 aliphatic rings. The number of hydrogen-bond acceptors (Lipinski definition) is 8. The van der Waals surface area contributed by atoms with Crippen LogP contribution in [-0.2, 0) is 0 Å². The van der Waals surface area contributed by atoms with Gasteiger partial charge in [-0.25, -0.2) is 4.98 Å². The van der Waals surface area contributed by atoms with Crippen molar-refractivity contribution in [3.05, 3.63) is 63.7 Å². The van der Waals surface area contributed by atoms with Gasteiger partial charge < -0.3 is 20.5 Å². The summed E-state index contributed by atoms with van der Waals surface area (Å²) in [5, 5.41) is 26.1. The number of nitro benzene ring substituents is 1. The molecule has 0 saturated heterocycles. The predicted molar refractivity (Wildman–Crippen MR) is 111 cm³/mol. The molecule has 13 heteroatoms. The van der Waals surface area contributed by atoms with Gasteiger partial charge in [0.2, 0.25) is 5.95 Å². The van der Waals surface area contributed by atoms with Crippen LogP contribution in [0.5, 0.6) is 5.75 Å². The first kappa shape index (κ1) is 23.0. The molecule has 3 rings (SSSR count). The normalized spacial score (nSPS) is 11.2. The van der Waals surface area contributed by atoms with Crippen molar-refractivity contribution in [2.75, 3.05) is 23.8 Å². The highest BCUT2D eigenvalue weighted by atomic mass is 35.5. The van der Waals surface area contributed by atoms with E-state index in [1.807, 2.05) is 0 Å². The van der Waals surface area contributed by atoms with E-state index in [1.54, 1.807) is 0 Å². The second-order valence-corrected chi connectivity index (χ2v) is 6.67. The van der Waals surface area contributed by atoms with Crippen LogP contribution in [0.25, 0.3) is 11.3 Å². The number of anilines is 3. The molecule has 3 aromatic rings. The lowest BCUT2D eigenvalue weighted by Crippen LogP contribution is -2.17. The predicted octanol–water partition coefficient (Wildman–Crippen LogP) is 4.75. The van der Waals surface area contributed by atoms with Crippen molar-refractivity contribution in [3.63, 3.8) is 0 Å². The molecule has 0 aliphatic heterocycles. The molecule has 32 heavy (non-hydrogen) atoms. The molecule has 3 N–H and O–H groups in total. The van der Waals surface area contributed by atoms with E-state index in [2.05, 4.69) is 25.3 Å². The van der Waals surface area contributed by atoms with Gasteiger partial charge in [0.05, 0.1) is 17.2 Å². The Morgan fingerprint density at radius 1 is 1.16 bits per heavy atom. The fraction of sp³-hybridized carbons (Fsp3) is 0.158. The van der Waals surface area contributed by atoms with Crippen LogP contribution in [-0.4, -0.2) is 39.5 Å². The third kappa shape index (κ3) is 6.18. The highest BCUT2D eigenvalue weighted by Crippen LogP contribution is 2.32. The fourth-order valence-electron chi connectivity index (χ4n) is 2.66. The SMILES string of the molecule is O=[N+]([O-])c1ccc(Cl)cc1Nc1cc(-c2cccc(OC(F)(F)F)c2)nc(NCCO)n1. The van der Waals surface area contributed by atoms with Gasteiger partial charge in [0.1, 0.15) is 17.3 Å². The Morgan fingerprint density at radius 3 is 2.62 bits per heavy atom. The van der Waals surface area contributed by atoms with E-state index in [-0.39, 0.29) is 52.6 Å². The molecule has 0 radical (unpaired) electrons. The Bertz CT molecular complexity index is 1130. The smallest absolute Gasteiger partial charge is 0.406 e. The standard InChI is InChI=1S/C19H15ClF3N5O4/c20-12-4-5-16(28(30)31)15(9-12)25-17-10-14(26-18(27-17)24-6-7-29)11-2-1-3-13(8-11)32-19(21,22)23/h1-5,8-10,29H,6-7H2,(H2,24,25,26,27). The maximum atomic E-state index is 12.6. The lowest BCUT2D eigenvalue weighted by atomic mass is 10.1. The molecule has 9 nitrogen and oxygen atoms in total. The minimum atomic E-state index is -4.86. The maximum Gasteiger partial charge on any atom is 0.573 e. The van der Waals surface area contributed by atoms with Crippen LogP contribution in [0.15, 0.2) is 48.5 Å². The summed E-state index contributed by atoms with van der Waals surface area (Å²) in [5.41, 5.74) is 0.250. The van der Waals surface area contributed by atoms with E-state index in [9.17, 15) is 23.3 Å². The Balaban J connectivity index is 2.02. The molecule has 0 atom stereocenters. The Morgan fingerprint density at radius 2 is 1.94 bits per heavy atom. The topological polar surface area (TPSA) is 122 Å². The molecule has 0 spiro atoms. The summed E-state index contributed by atoms with van der Waals surface area (Å²) in [4.78, 5) is 19.1. The zero-order valence-electron chi connectivity index (χ0n) is 16.1. The summed E-state index contributed by atoms with van der Waals surface area (Å²) in [6.45, 7) is -0.136. The van der Waals surface area contributed by atoms with E-state index in [0.717, 1.165) is 12.1 Å². The van der Waals surface area contributed by atoms with Gasteiger partial charge in [0.25, 0.3) is 5.69 Å². The lowest BCUT2D eigenvalue weighted by Gasteiger charge is -2.13. The minimum Gasteiger partial charge on any atom is -0.406 e. The van der Waals surface area contributed by atoms with E-state index < -0.39 is 17.0 Å². The molecule has 0 unspecified atom stereocenters. The number of aliphatic hydroxyl groups is 1. The average molecular weight is 470 g/mol. The third-order valence-corrected chi connectivity index (χ3v) is 4.14. The van der Waals surface area contributed by atoms with Crippen molar-refractivity contribution in [2.24, 2.45) is 0 Å². The number of alkyl halides is 3. The summed E-state index contributed by atoms with van der Waals surface area (Å²) >= 11 is 5.94. The number of nitrogens with one attached hydrogen (secondary N) is 2. The number of ether oxygens (including phenoxy) is 1. The number of hydrogen-bond donors (Lipinski definition) is 3. The van der Waals surface area contributed by atoms with Crippen LogP contribution < -0.4 is 15.4 Å². The minimum absolute atomic E-state index is 0.0332. The van der Waals surface area contributed by atoms with Crippen molar-refractivity contribution in [1.29, 1.82) is 0 Å². The number of nitro groups is 1. The number of rotatable bonds is 8. The van der Waals surface area contributed by atoms with Gasteiger partial charge in [-0.2, -0.15) is 4.98 Å². The van der Waals surface area contributed by atoms with Gasteiger partial charge in [-0.3, -0.25) is 10.1 Å². The summed E-state index contributed by atoms with van der Waals surface area (Å²) in [6, 6.07) is 10.4.